The molecule has 0 saturated heterocycles. The van der Waals surface area contributed by atoms with Gasteiger partial charge in [0.1, 0.15) is 11.5 Å². The van der Waals surface area contributed by atoms with Gasteiger partial charge in [0.05, 0.1) is 22.7 Å². The maximum Gasteiger partial charge on any atom is 0.118 e. The second-order valence-corrected chi connectivity index (χ2v) is 7.14. The third-order valence-electron chi connectivity index (χ3n) is 3.43. The van der Waals surface area contributed by atoms with Crippen molar-refractivity contribution in [3.8, 4) is 11.5 Å². The van der Waals surface area contributed by atoms with Crippen LogP contribution in [0.2, 0.25) is 0 Å². The normalized spacial score (nSPS) is 10.5. The molecule has 0 spiro atoms. The van der Waals surface area contributed by atoms with Crippen molar-refractivity contribution in [1.82, 2.24) is 0 Å². The minimum atomic E-state index is -0.615. The Labute approximate surface area is 129 Å². The smallest absolute Gasteiger partial charge is 0.118 e. The molecule has 0 heterocycles. The summed E-state index contributed by atoms with van der Waals surface area (Å²) in [6.45, 7) is 9.68. The molecule has 0 unspecified atom stereocenters. The monoisotopic (exact) mass is 300 g/mol. The Morgan fingerprint density at radius 1 is 0.762 bits per heavy atom. The molecule has 3 heteroatoms. The minimum Gasteiger partial charge on any atom is -0.494 e. The van der Waals surface area contributed by atoms with Crippen molar-refractivity contribution >= 4 is 19.9 Å². The molecule has 0 aliphatic heterocycles. The van der Waals surface area contributed by atoms with Crippen LogP contribution < -0.4 is 19.8 Å². The molecule has 2 aromatic rings. The number of aryl methyl sites for hydroxylation is 2. The fourth-order valence-electron chi connectivity index (χ4n) is 2.40. The van der Waals surface area contributed by atoms with E-state index in [1.807, 2.05) is 13.8 Å². The molecule has 0 saturated carbocycles. The van der Waals surface area contributed by atoms with Gasteiger partial charge in [0, 0.05) is 0 Å². The highest BCUT2D eigenvalue weighted by molar-refractivity contribution is 6.69. The quantitative estimate of drug-likeness (QED) is 0.762. The van der Waals surface area contributed by atoms with Crippen molar-refractivity contribution in [2.45, 2.75) is 27.7 Å². The molecule has 0 bridgehead atoms. The maximum absolute atomic E-state index is 5.81. The van der Waals surface area contributed by atoms with Crippen LogP contribution in [0.5, 0.6) is 11.5 Å². The van der Waals surface area contributed by atoms with Gasteiger partial charge in [-0.3, -0.25) is 0 Å². The highest BCUT2D eigenvalue weighted by Crippen LogP contribution is 2.13. The first-order chi connectivity index (χ1) is 10.1. The van der Waals surface area contributed by atoms with E-state index in [1.165, 1.54) is 21.5 Å². The van der Waals surface area contributed by atoms with E-state index in [0.717, 1.165) is 11.5 Å². The van der Waals surface area contributed by atoms with Gasteiger partial charge in [-0.25, -0.2) is 0 Å². The summed E-state index contributed by atoms with van der Waals surface area (Å²) in [5, 5.41) is 2.68. The van der Waals surface area contributed by atoms with Crippen LogP contribution in [0.25, 0.3) is 0 Å². The lowest BCUT2D eigenvalue weighted by atomic mass is 10.2. The van der Waals surface area contributed by atoms with E-state index >= 15 is 0 Å². The van der Waals surface area contributed by atoms with E-state index in [-0.39, 0.29) is 0 Å². The largest absolute Gasteiger partial charge is 0.494 e. The molecule has 0 fully saturated rings. The van der Waals surface area contributed by atoms with Gasteiger partial charge in [0.2, 0.25) is 0 Å². The number of rotatable bonds is 6. The molecule has 2 aromatic carbocycles. The number of ether oxygens (including phenoxy) is 2. The molecule has 0 aliphatic rings. The van der Waals surface area contributed by atoms with Crippen LogP contribution in [0.4, 0.5) is 0 Å². The highest BCUT2D eigenvalue weighted by atomic mass is 28.2. The van der Waals surface area contributed by atoms with E-state index in [9.17, 15) is 0 Å². The molecule has 0 atom stereocenters. The van der Waals surface area contributed by atoms with Gasteiger partial charge in [0.15, 0.2) is 0 Å². The molecule has 21 heavy (non-hydrogen) atoms. The third-order valence-corrected chi connectivity index (χ3v) is 5.36. The Balaban J connectivity index is 2.33. The fraction of sp³-hybridized carbons (Fsp3) is 0.333. The molecular weight excluding hydrogens is 276 g/mol. The molecule has 2 nitrogen and oxygen atoms in total. The van der Waals surface area contributed by atoms with Gasteiger partial charge in [-0.2, -0.15) is 0 Å². The average Bonchev–Trinajstić information content (AvgIpc) is 2.45. The Hall–Kier alpha value is -1.74. The van der Waals surface area contributed by atoms with Crippen molar-refractivity contribution in [3.05, 3.63) is 47.5 Å². The van der Waals surface area contributed by atoms with Crippen molar-refractivity contribution in [2.75, 3.05) is 13.2 Å². The van der Waals surface area contributed by atoms with Crippen molar-refractivity contribution in [3.63, 3.8) is 0 Å². The van der Waals surface area contributed by atoms with E-state index < -0.39 is 9.52 Å². The van der Waals surface area contributed by atoms with E-state index in [1.54, 1.807) is 0 Å². The molecule has 0 aromatic heterocycles. The van der Waals surface area contributed by atoms with Crippen LogP contribution in [-0.2, 0) is 0 Å². The first kappa shape index (κ1) is 15.6. The van der Waals surface area contributed by atoms with Crippen molar-refractivity contribution in [1.29, 1.82) is 0 Å². The highest BCUT2D eigenvalue weighted by Gasteiger charge is 2.10. The van der Waals surface area contributed by atoms with Crippen LogP contribution in [0.3, 0.4) is 0 Å². The molecule has 0 radical (unpaired) electrons. The van der Waals surface area contributed by atoms with Crippen LogP contribution in [0.1, 0.15) is 25.0 Å². The van der Waals surface area contributed by atoms with E-state index in [0.29, 0.717) is 13.2 Å². The summed E-state index contributed by atoms with van der Waals surface area (Å²) < 4.78 is 11.6. The summed E-state index contributed by atoms with van der Waals surface area (Å²) in [5.41, 5.74) is 2.48. The number of hydrogen-bond acceptors (Lipinski definition) is 2. The van der Waals surface area contributed by atoms with Crippen LogP contribution in [0, 0.1) is 13.8 Å². The van der Waals surface area contributed by atoms with E-state index in [2.05, 4.69) is 50.2 Å². The van der Waals surface area contributed by atoms with Gasteiger partial charge < -0.3 is 9.47 Å². The van der Waals surface area contributed by atoms with Gasteiger partial charge in [-0.05, 0) is 61.3 Å². The topological polar surface area (TPSA) is 18.5 Å². The predicted molar refractivity (Wildman–Crippen MR) is 92.5 cm³/mol. The Morgan fingerprint density at radius 3 is 1.57 bits per heavy atom. The maximum atomic E-state index is 5.81. The molecule has 112 valence electrons. The second kappa shape index (κ2) is 7.32. The fourth-order valence-corrected chi connectivity index (χ4v) is 4.04. The average molecular weight is 300 g/mol. The van der Waals surface area contributed by atoms with Gasteiger partial charge in [-0.15, -0.1) is 0 Å². The van der Waals surface area contributed by atoms with Crippen LogP contribution in [0.15, 0.2) is 36.4 Å². The van der Waals surface area contributed by atoms with E-state index in [4.69, 9.17) is 9.47 Å². The van der Waals surface area contributed by atoms with Crippen molar-refractivity contribution in [2.24, 2.45) is 0 Å². The first-order valence-corrected chi connectivity index (χ1v) is 9.00. The van der Waals surface area contributed by atoms with Gasteiger partial charge >= 0.3 is 0 Å². The Morgan fingerprint density at radius 2 is 1.19 bits per heavy atom. The lowest BCUT2D eigenvalue weighted by molar-refractivity contribution is 0.342. The Bertz CT molecular complexity index is 555. The number of benzene rings is 2. The standard InChI is InChI=1S/C18H24O2Si/c1-5-19-15-11-13(3)7-9-17(15)21-18-10-8-14(4)12-16(18)20-6-2/h7-12H,5-6,21H2,1-4H3. The van der Waals surface area contributed by atoms with Gasteiger partial charge in [0.25, 0.3) is 0 Å². The molecule has 0 aliphatic carbocycles. The van der Waals surface area contributed by atoms with Crippen LogP contribution >= 0.6 is 0 Å². The summed E-state index contributed by atoms with van der Waals surface area (Å²) in [6, 6.07) is 13.0. The van der Waals surface area contributed by atoms with Crippen molar-refractivity contribution < 1.29 is 9.47 Å². The lowest BCUT2D eigenvalue weighted by Gasteiger charge is -2.14. The number of hydrogen-bond donors (Lipinski definition) is 0. The lowest BCUT2D eigenvalue weighted by Crippen LogP contribution is -2.30. The SMILES string of the molecule is CCOc1cc(C)ccc1[SiH2]c1ccc(C)cc1OCC. The van der Waals surface area contributed by atoms with Crippen LogP contribution in [-0.4, -0.2) is 22.7 Å². The zero-order valence-electron chi connectivity index (χ0n) is 13.4. The predicted octanol–water partition coefficient (Wildman–Crippen LogP) is 2.22. The Kier molecular flexibility index (Phi) is 5.45. The third kappa shape index (κ3) is 4.11. The zero-order valence-corrected chi connectivity index (χ0v) is 14.8. The molecule has 0 amide bonds. The summed E-state index contributed by atoms with van der Waals surface area (Å²) in [7, 11) is -0.615. The van der Waals surface area contributed by atoms with Gasteiger partial charge in [-0.1, -0.05) is 24.3 Å². The molecular formula is C18H24O2Si. The summed E-state index contributed by atoms with van der Waals surface area (Å²) in [4.78, 5) is 0. The summed E-state index contributed by atoms with van der Waals surface area (Å²) >= 11 is 0. The minimum absolute atomic E-state index is 0.615. The zero-order chi connectivity index (χ0) is 15.2. The second-order valence-electron chi connectivity index (χ2n) is 5.27. The first-order valence-electron chi connectivity index (χ1n) is 7.58. The molecule has 0 N–H and O–H groups in total. The summed E-state index contributed by atoms with van der Waals surface area (Å²) in [6.07, 6.45) is 0. The summed E-state index contributed by atoms with van der Waals surface area (Å²) in [5.74, 6) is 2.07. The molecule has 2 rings (SSSR count).